The molecule has 6 nitrogen and oxygen atoms in total. The number of ether oxygens (including phenoxy) is 1. The number of aryl methyl sites for hydroxylation is 1. The summed E-state index contributed by atoms with van der Waals surface area (Å²) in [5.41, 5.74) is 1.31. The van der Waals surface area contributed by atoms with Crippen LogP contribution in [0.1, 0.15) is 48.0 Å². The highest BCUT2D eigenvalue weighted by atomic mass is 32.1. The Labute approximate surface area is 157 Å². The maximum atomic E-state index is 12.4. The second-order valence-electron chi connectivity index (χ2n) is 6.37. The fourth-order valence-electron chi connectivity index (χ4n) is 3.21. The van der Waals surface area contributed by atoms with Crippen molar-refractivity contribution in [2.45, 2.75) is 45.6 Å². The number of pyridine rings is 1. The first-order valence-electron chi connectivity index (χ1n) is 8.95. The lowest BCUT2D eigenvalue weighted by atomic mass is 10.00. The van der Waals surface area contributed by atoms with Gasteiger partial charge in [-0.1, -0.05) is 13.0 Å². The maximum absolute atomic E-state index is 12.4. The second kappa shape index (κ2) is 8.40. The molecule has 0 saturated carbocycles. The zero-order valence-electron chi connectivity index (χ0n) is 15.1. The largest absolute Gasteiger partial charge is 0.451 e. The molecule has 3 rings (SSSR count). The summed E-state index contributed by atoms with van der Waals surface area (Å²) in [6, 6.07) is 5.81. The van der Waals surface area contributed by atoms with Gasteiger partial charge in [-0.2, -0.15) is 0 Å². The lowest BCUT2D eigenvalue weighted by Crippen LogP contribution is -2.45. The number of thiazole rings is 1. The van der Waals surface area contributed by atoms with Gasteiger partial charge in [0, 0.05) is 18.8 Å². The molecule has 0 radical (unpaired) electrons. The fraction of sp³-hybridized carbons (Fsp3) is 0.474. The molecule has 1 aliphatic heterocycles. The number of hydrogen-bond donors (Lipinski definition) is 0. The number of piperidine rings is 1. The van der Waals surface area contributed by atoms with Crippen molar-refractivity contribution in [3.63, 3.8) is 0 Å². The first kappa shape index (κ1) is 18.5. The molecular weight excluding hydrogens is 350 g/mol. The highest BCUT2D eigenvalue weighted by Gasteiger charge is 2.26. The number of hydrogen-bond acceptors (Lipinski definition) is 6. The van der Waals surface area contributed by atoms with Gasteiger partial charge >= 0.3 is 5.97 Å². The third-order valence-electron chi connectivity index (χ3n) is 4.61. The second-order valence-corrected chi connectivity index (χ2v) is 7.37. The van der Waals surface area contributed by atoms with Crippen molar-refractivity contribution < 1.29 is 14.3 Å². The summed E-state index contributed by atoms with van der Waals surface area (Å²) in [6.45, 7) is 4.38. The van der Waals surface area contributed by atoms with Crippen LogP contribution in [-0.4, -0.2) is 45.9 Å². The SMILES string of the molecule is CC[C@H]1CCCCN1C(=O)COC(=O)c1sc(-c2ccccn2)nc1C. The summed E-state index contributed by atoms with van der Waals surface area (Å²) in [7, 11) is 0. The smallest absolute Gasteiger partial charge is 0.350 e. The van der Waals surface area contributed by atoms with Gasteiger partial charge in [-0.15, -0.1) is 11.3 Å². The van der Waals surface area contributed by atoms with E-state index < -0.39 is 5.97 Å². The van der Waals surface area contributed by atoms with E-state index in [1.54, 1.807) is 13.1 Å². The minimum atomic E-state index is -0.499. The molecule has 0 unspecified atom stereocenters. The molecule has 2 aromatic rings. The first-order chi connectivity index (χ1) is 12.6. The normalized spacial score (nSPS) is 17.2. The molecule has 0 aliphatic carbocycles. The van der Waals surface area contributed by atoms with Crippen molar-refractivity contribution in [3.8, 4) is 10.7 Å². The van der Waals surface area contributed by atoms with Crippen molar-refractivity contribution in [2.75, 3.05) is 13.2 Å². The van der Waals surface area contributed by atoms with E-state index in [1.807, 2.05) is 23.1 Å². The molecule has 26 heavy (non-hydrogen) atoms. The molecule has 0 N–H and O–H groups in total. The van der Waals surface area contributed by atoms with Crippen LogP contribution in [0.2, 0.25) is 0 Å². The monoisotopic (exact) mass is 373 g/mol. The number of esters is 1. The number of carbonyl (C=O) groups is 2. The molecule has 7 heteroatoms. The molecule has 1 aliphatic rings. The lowest BCUT2D eigenvalue weighted by Gasteiger charge is -2.35. The Balaban J connectivity index is 1.63. The first-order valence-corrected chi connectivity index (χ1v) is 9.77. The summed E-state index contributed by atoms with van der Waals surface area (Å²) >= 11 is 1.24. The molecule has 3 heterocycles. The van der Waals surface area contributed by atoms with E-state index >= 15 is 0 Å². The summed E-state index contributed by atoms with van der Waals surface area (Å²) in [4.78, 5) is 35.8. The predicted octanol–water partition coefficient (Wildman–Crippen LogP) is 3.46. The van der Waals surface area contributed by atoms with Crippen molar-refractivity contribution in [1.29, 1.82) is 0 Å². The van der Waals surface area contributed by atoms with Gasteiger partial charge < -0.3 is 9.64 Å². The van der Waals surface area contributed by atoms with Crippen molar-refractivity contribution in [2.24, 2.45) is 0 Å². The molecule has 1 fully saturated rings. The van der Waals surface area contributed by atoms with E-state index in [2.05, 4.69) is 16.9 Å². The molecular formula is C19H23N3O3S. The minimum Gasteiger partial charge on any atom is -0.451 e. The van der Waals surface area contributed by atoms with E-state index in [1.165, 1.54) is 11.3 Å². The van der Waals surface area contributed by atoms with E-state index in [0.717, 1.165) is 37.9 Å². The van der Waals surface area contributed by atoms with Crippen LogP contribution >= 0.6 is 11.3 Å². The van der Waals surface area contributed by atoms with Gasteiger partial charge in [0.2, 0.25) is 0 Å². The Morgan fingerprint density at radius 3 is 2.92 bits per heavy atom. The molecule has 1 saturated heterocycles. The van der Waals surface area contributed by atoms with Gasteiger partial charge in [0.15, 0.2) is 6.61 Å². The van der Waals surface area contributed by atoms with Crippen LogP contribution < -0.4 is 0 Å². The van der Waals surface area contributed by atoms with Gasteiger partial charge in [-0.05, 0) is 44.7 Å². The highest BCUT2D eigenvalue weighted by molar-refractivity contribution is 7.17. The molecule has 2 aromatic heterocycles. The van der Waals surface area contributed by atoms with Crippen molar-refractivity contribution in [1.82, 2.24) is 14.9 Å². The zero-order chi connectivity index (χ0) is 18.5. The Morgan fingerprint density at radius 2 is 2.19 bits per heavy atom. The molecule has 1 amide bonds. The van der Waals surface area contributed by atoms with Crippen molar-refractivity contribution in [3.05, 3.63) is 35.0 Å². The number of aromatic nitrogens is 2. The number of carbonyl (C=O) groups excluding carboxylic acids is 2. The van der Waals surface area contributed by atoms with E-state index in [4.69, 9.17) is 4.74 Å². The molecule has 0 aromatic carbocycles. The molecule has 1 atom stereocenters. The number of likely N-dealkylation sites (tertiary alicyclic amines) is 1. The Hall–Kier alpha value is -2.28. The van der Waals surface area contributed by atoms with Crippen LogP contribution in [0.3, 0.4) is 0 Å². The molecule has 138 valence electrons. The van der Waals surface area contributed by atoms with Crippen LogP contribution in [0.15, 0.2) is 24.4 Å². The Morgan fingerprint density at radius 1 is 1.35 bits per heavy atom. The van der Waals surface area contributed by atoms with Gasteiger partial charge in [-0.25, -0.2) is 9.78 Å². The molecule has 0 bridgehead atoms. The number of amides is 1. The number of rotatable bonds is 5. The Kier molecular flexibility index (Phi) is 5.98. The summed E-state index contributed by atoms with van der Waals surface area (Å²) in [5, 5.41) is 0.670. The third-order valence-corrected chi connectivity index (χ3v) is 5.77. The van der Waals surface area contributed by atoms with Gasteiger partial charge in [0.25, 0.3) is 5.91 Å². The predicted molar refractivity (Wildman–Crippen MR) is 100 cm³/mol. The van der Waals surface area contributed by atoms with E-state index in [0.29, 0.717) is 15.6 Å². The van der Waals surface area contributed by atoms with Gasteiger partial charge in [0.05, 0.1) is 11.4 Å². The quantitative estimate of drug-likeness (QED) is 0.751. The van der Waals surface area contributed by atoms with Crippen LogP contribution in [0.5, 0.6) is 0 Å². The van der Waals surface area contributed by atoms with Gasteiger partial charge in [0.1, 0.15) is 9.88 Å². The lowest BCUT2D eigenvalue weighted by molar-refractivity contribution is -0.138. The highest BCUT2D eigenvalue weighted by Crippen LogP contribution is 2.27. The Bertz CT molecular complexity index is 776. The summed E-state index contributed by atoms with van der Waals surface area (Å²) in [5.74, 6) is -0.613. The average molecular weight is 373 g/mol. The van der Waals surface area contributed by atoms with Crippen LogP contribution in [0.4, 0.5) is 0 Å². The zero-order valence-corrected chi connectivity index (χ0v) is 15.9. The molecule has 0 spiro atoms. The van der Waals surface area contributed by atoms with E-state index in [-0.39, 0.29) is 18.6 Å². The maximum Gasteiger partial charge on any atom is 0.350 e. The summed E-state index contributed by atoms with van der Waals surface area (Å²) < 4.78 is 5.29. The summed E-state index contributed by atoms with van der Waals surface area (Å²) in [6.07, 6.45) is 5.81. The van der Waals surface area contributed by atoms with Crippen molar-refractivity contribution >= 4 is 23.2 Å². The standard InChI is InChI=1S/C19H23N3O3S/c1-3-14-8-5-7-11-22(14)16(23)12-25-19(24)17-13(2)21-18(26-17)15-9-4-6-10-20-15/h4,6,9-10,14H,3,5,7-8,11-12H2,1-2H3/t14-/m0/s1. The fourth-order valence-corrected chi connectivity index (χ4v) is 4.15. The third kappa shape index (κ3) is 4.09. The van der Waals surface area contributed by atoms with Crippen LogP contribution in [-0.2, 0) is 9.53 Å². The van der Waals surface area contributed by atoms with Crippen LogP contribution in [0.25, 0.3) is 10.7 Å². The van der Waals surface area contributed by atoms with E-state index in [9.17, 15) is 9.59 Å². The average Bonchev–Trinajstić information content (AvgIpc) is 3.08. The van der Waals surface area contributed by atoms with Gasteiger partial charge in [-0.3, -0.25) is 9.78 Å². The van der Waals surface area contributed by atoms with Crippen LogP contribution in [0, 0.1) is 6.92 Å². The number of nitrogens with zero attached hydrogens (tertiary/aromatic N) is 3. The minimum absolute atomic E-state index is 0.114. The topological polar surface area (TPSA) is 72.4 Å².